The maximum absolute atomic E-state index is 13.3. The lowest BCUT2D eigenvalue weighted by molar-refractivity contribution is -0.131. The lowest BCUT2D eigenvalue weighted by Crippen LogP contribution is -2.32. The minimum Gasteiger partial charge on any atom is -0.497 e. The number of hydrogen-bond acceptors (Lipinski definition) is 4. The van der Waals surface area contributed by atoms with Crippen LogP contribution in [0.3, 0.4) is 0 Å². The number of ether oxygens (including phenoxy) is 2. The number of benzene rings is 2. The number of methoxy groups -OCH3 is 1. The van der Waals surface area contributed by atoms with Crippen molar-refractivity contribution < 1.29 is 14.3 Å². The maximum Gasteiger partial charge on any atom is 0.227 e. The Kier molecular flexibility index (Phi) is 5.79. The van der Waals surface area contributed by atoms with Gasteiger partial charge in [-0.1, -0.05) is 24.3 Å². The Morgan fingerprint density at radius 3 is 2.73 bits per heavy atom. The van der Waals surface area contributed by atoms with E-state index in [1.54, 1.807) is 7.11 Å². The number of likely N-dealkylation sites (tertiary alicyclic amines) is 1. The van der Waals surface area contributed by atoms with Crippen molar-refractivity contribution in [2.45, 2.75) is 51.7 Å². The molecule has 5 nitrogen and oxygen atoms in total. The van der Waals surface area contributed by atoms with Crippen LogP contribution in [0.5, 0.6) is 11.5 Å². The van der Waals surface area contributed by atoms with Crippen molar-refractivity contribution in [1.82, 2.24) is 9.88 Å². The number of pyridine rings is 1. The number of nitrogens with zero attached hydrogens (tertiary/aromatic N) is 2. The molecule has 5 rings (SSSR count). The monoisotopic (exact) mass is 442 g/mol. The first-order chi connectivity index (χ1) is 16.0. The number of carbonyl (C=O) groups is 1. The van der Waals surface area contributed by atoms with Crippen molar-refractivity contribution in [3.63, 3.8) is 0 Å². The van der Waals surface area contributed by atoms with Crippen LogP contribution < -0.4 is 9.47 Å². The van der Waals surface area contributed by atoms with Gasteiger partial charge in [-0.15, -0.1) is 0 Å². The SMILES string of the molecule is COc1ccc(-c2cc(C)nc([C@H]3CCCN3C(=O)Cc3ccc4c(c3)C[C@H](C)O4)c2)cc1. The number of carbonyl (C=O) groups excluding carboxylic acids is 1. The number of hydrogen-bond donors (Lipinski definition) is 0. The van der Waals surface area contributed by atoms with Gasteiger partial charge in [-0.3, -0.25) is 9.78 Å². The largest absolute Gasteiger partial charge is 0.497 e. The van der Waals surface area contributed by atoms with Crippen molar-refractivity contribution >= 4 is 5.91 Å². The van der Waals surface area contributed by atoms with Crippen LogP contribution in [-0.2, 0) is 17.6 Å². The van der Waals surface area contributed by atoms with Gasteiger partial charge >= 0.3 is 0 Å². The van der Waals surface area contributed by atoms with Gasteiger partial charge < -0.3 is 14.4 Å². The molecule has 1 amide bonds. The van der Waals surface area contributed by atoms with E-state index in [0.717, 1.165) is 65.4 Å². The zero-order chi connectivity index (χ0) is 22.9. The second kappa shape index (κ2) is 8.89. The fraction of sp³-hybridized carbons (Fsp3) is 0.357. The van der Waals surface area contributed by atoms with E-state index in [1.165, 1.54) is 5.56 Å². The van der Waals surface area contributed by atoms with Crippen LogP contribution in [0.1, 0.15) is 48.3 Å². The smallest absolute Gasteiger partial charge is 0.227 e. The second-order valence-corrected chi connectivity index (χ2v) is 9.15. The predicted octanol–water partition coefficient (Wildman–Crippen LogP) is 5.30. The normalized spacial score (nSPS) is 19.3. The van der Waals surface area contributed by atoms with Gasteiger partial charge in [0.15, 0.2) is 0 Å². The van der Waals surface area contributed by atoms with E-state index in [0.29, 0.717) is 6.42 Å². The molecule has 2 atom stereocenters. The average molecular weight is 443 g/mol. The van der Waals surface area contributed by atoms with E-state index in [-0.39, 0.29) is 18.1 Å². The van der Waals surface area contributed by atoms with Gasteiger partial charge in [0, 0.05) is 18.7 Å². The highest BCUT2D eigenvalue weighted by molar-refractivity contribution is 5.80. The Morgan fingerprint density at radius 1 is 1.12 bits per heavy atom. The Hall–Kier alpha value is -3.34. The van der Waals surface area contributed by atoms with Gasteiger partial charge in [-0.05, 0) is 79.3 Å². The van der Waals surface area contributed by atoms with Gasteiger partial charge in [0.2, 0.25) is 5.91 Å². The highest BCUT2D eigenvalue weighted by Gasteiger charge is 2.31. The van der Waals surface area contributed by atoms with Gasteiger partial charge in [0.1, 0.15) is 17.6 Å². The third kappa shape index (κ3) is 4.45. The Bertz CT molecular complexity index is 1170. The first-order valence-electron chi connectivity index (χ1n) is 11.7. The quantitative estimate of drug-likeness (QED) is 0.538. The first-order valence-corrected chi connectivity index (χ1v) is 11.7. The molecule has 0 spiro atoms. The zero-order valence-electron chi connectivity index (χ0n) is 19.5. The molecule has 0 radical (unpaired) electrons. The summed E-state index contributed by atoms with van der Waals surface area (Å²) in [5.74, 6) is 1.95. The molecule has 170 valence electrons. The van der Waals surface area contributed by atoms with Gasteiger partial charge in [-0.25, -0.2) is 0 Å². The first kappa shape index (κ1) is 21.5. The number of rotatable bonds is 5. The molecule has 5 heteroatoms. The van der Waals surface area contributed by atoms with E-state index in [4.69, 9.17) is 14.5 Å². The van der Waals surface area contributed by atoms with E-state index in [1.807, 2.05) is 36.1 Å². The van der Waals surface area contributed by atoms with E-state index in [2.05, 4.69) is 37.3 Å². The average Bonchev–Trinajstić information content (AvgIpc) is 3.44. The molecule has 2 aliphatic heterocycles. The standard InChI is InChI=1S/C28H30N2O3/c1-18-13-22(21-7-9-24(32-3)10-8-21)17-25(29-18)26-5-4-12-30(26)28(31)16-20-6-11-27-23(15-20)14-19(2)33-27/h6-11,13,15,17,19,26H,4-5,12,14,16H2,1-3H3/t19-,26+/m0/s1. The maximum atomic E-state index is 13.3. The van der Waals surface area contributed by atoms with Crippen LogP contribution in [0, 0.1) is 6.92 Å². The molecule has 1 aromatic heterocycles. The van der Waals surface area contributed by atoms with Crippen LogP contribution in [0.15, 0.2) is 54.6 Å². The highest BCUT2D eigenvalue weighted by Crippen LogP contribution is 2.35. The molecule has 2 aliphatic rings. The molecule has 3 aromatic rings. The second-order valence-electron chi connectivity index (χ2n) is 9.15. The fourth-order valence-corrected chi connectivity index (χ4v) is 5.05. The summed E-state index contributed by atoms with van der Waals surface area (Å²) in [6.45, 7) is 4.88. The predicted molar refractivity (Wildman–Crippen MR) is 129 cm³/mol. The number of fused-ring (bicyclic) bond motifs is 1. The fourth-order valence-electron chi connectivity index (χ4n) is 5.05. The highest BCUT2D eigenvalue weighted by atomic mass is 16.5. The van der Waals surface area contributed by atoms with Crippen molar-refractivity contribution in [3.8, 4) is 22.6 Å². The number of amides is 1. The molecule has 33 heavy (non-hydrogen) atoms. The molecule has 0 unspecified atom stereocenters. The van der Waals surface area contributed by atoms with E-state index in [9.17, 15) is 4.79 Å². The molecule has 0 saturated carbocycles. The summed E-state index contributed by atoms with van der Waals surface area (Å²) >= 11 is 0. The minimum atomic E-state index is 0.0205. The van der Waals surface area contributed by atoms with Crippen LogP contribution in [0.2, 0.25) is 0 Å². The van der Waals surface area contributed by atoms with Crippen LogP contribution in [0.4, 0.5) is 0 Å². The molecular formula is C28H30N2O3. The molecule has 3 heterocycles. The molecule has 0 N–H and O–H groups in total. The summed E-state index contributed by atoms with van der Waals surface area (Å²) in [6, 6.07) is 18.5. The van der Waals surface area contributed by atoms with E-state index < -0.39 is 0 Å². The van der Waals surface area contributed by atoms with Gasteiger partial charge in [0.25, 0.3) is 0 Å². The van der Waals surface area contributed by atoms with Crippen LogP contribution in [-0.4, -0.2) is 35.5 Å². The molecule has 2 aromatic carbocycles. The van der Waals surface area contributed by atoms with Crippen LogP contribution in [0.25, 0.3) is 11.1 Å². The Labute approximate surface area is 195 Å². The van der Waals surface area contributed by atoms with Crippen molar-refractivity contribution in [3.05, 3.63) is 77.1 Å². The van der Waals surface area contributed by atoms with Gasteiger partial charge in [0.05, 0.1) is 25.3 Å². The third-order valence-electron chi connectivity index (χ3n) is 6.63. The third-order valence-corrected chi connectivity index (χ3v) is 6.63. The topological polar surface area (TPSA) is 51.7 Å². The molecule has 1 saturated heterocycles. The summed E-state index contributed by atoms with van der Waals surface area (Å²) < 4.78 is 11.1. The molecular weight excluding hydrogens is 412 g/mol. The molecule has 1 fully saturated rings. The van der Waals surface area contributed by atoms with Crippen LogP contribution >= 0.6 is 0 Å². The summed E-state index contributed by atoms with van der Waals surface area (Å²) in [5, 5.41) is 0. The Morgan fingerprint density at radius 2 is 1.94 bits per heavy atom. The summed E-state index contributed by atoms with van der Waals surface area (Å²) in [4.78, 5) is 20.2. The van der Waals surface area contributed by atoms with Crippen molar-refractivity contribution in [2.75, 3.05) is 13.7 Å². The molecule has 0 bridgehead atoms. The van der Waals surface area contributed by atoms with Gasteiger partial charge in [-0.2, -0.15) is 0 Å². The summed E-state index contributed by atoms with van der Waals surface area (Å²) in [6.07, 6.45) is 3.47. The summed E-state index contributed by atoms with van der Waals surface area (Å²) in [5.41, 5.74) is 6.43. The number of aromatic nitrogens is 1. The number of aryl methyl sites for hydroxylation is 1. The zero-order valence-corrected chi connectivity index (χ0v) is 19.5. The molecule has 0 aliphatic carbocycles. The Balaban J connectivity index is 1.36. The van der Waals surface area contributed by atoms with Crippen molar-refractivity contribution in [1.29, 1.82) is 0 Å². The lowest BCUT2D eigenvalue weighted by atomic mass is 10.0. The summed E-state index contributed by atoms with van der Waals surface area (Å²) in [7, 11) is 1.67. The van der Waals surface area contributed by atoms with E-state index >= 15 is 0 Å². The lowest BCUT2D eigenvalue weighted by Gasteiger charge is -2.25. The minimum absolute atomic E-state index is 0.0205. The van der Waals surface area contributed by atoms with Crippen molar-refractivity contribution in [2.24, 2.45) is 0 Å².